The van der Waals surface area contributed by atoms with E-state index in [4.69, 9.17) is 16.7 Å². The second kappa shape index (κ2) is 10.8. The number of carbonyl (C=O) groups excluding carboxylic acids is 1. The molecule has 1 aliphatic carbocycles. The van der Waals surface area contributed by atoms with Crippen LogP contribution in [0.3, 0.4) is 0 Å². The lowest BCUT2D eigenvalue weighted by Gasteiger charge is -2.34. The maximum absolute atomic E-state index is 13.0. The van der Waals surface area contributed by atoms with Gasteiger partial charge in [-0.2, -0.15) is 0 Å². The molecule has 156 valence electrons. The van der Waals surface area contributed by atoms with E-state index in [9.17, 15) is 9.59 Å². The van der Waals surface area contributed by atoms with Gasteiger partial charge in [0.25, 0.3) is 0 Å². The number of nitrogens with zero attached hydrogens (tertiary/aromatic N) is 2. The number of carbonyl (C=O) groups is 2. The van der Waals surface area contributed by atoms with Gasteiger partial charge in [0.15, 0.2) is 5.13 Å². The van der Waals surface area contributed by atoms with Crippen LogP contribution in [0.15, 0.2) is 34.7 Å². The number of thioether (sulfide) groups is 1. The average molecular weight is 454 g/mol. The van der Waals surface area contributed by atoms with Crippen LogP contribution in [-0.2, 0) is 11.2 Å². The van der Waals surface area contributed by atoms with Gasteiger partial charge in [0.2, 0.25) is 0 Å². The summed E-state index contributed by atoms with van der Waals surface area (Å²) in [5.74, 6) is -0.901. The van der Waals surface area contributed by atoms with Gasteiger partial charge in [-0.3, -0.25) is 10.1 Å². The Morgan fingerprint density at radius 2 is 2.10 bits per heavy atom. The quantitative estimate of drug-likeness (QED) is 0.524. The molecular weight excluding hydrogens is 430 g/mol. The molecule has 1 aromatic carbocycles. The van der Waals surface area contributed by atoms with Gasteiger partial charge in [-0.05, 0) is 37.0 Å². The maximum atomic E-state index is 13.0. The van der Waals surface area contributed by atoms with Crippen molar-refractivity contribution in [3.63, 3.8) is 0 Å². The fourth-order valence-corrected chi connectivity index (χ4v) is 5.26. The third-order valence-corrected chi connectivity index (χ3v) is 7.17. The number of aromatic nitrogens is 1. The molecule has 1 saturated carbocycles. The maximum Gasteiger partial charge on any atom is 0.323 e. The Balaban J connectivity index is 1.64. The Labute approximate surface area is 183 Å². The van der Waals surface area contributed by atoms with Gasteiger partial charge in [-0.1, -0.05) is 54.3 Å². The van der Waals surface area contributed by atoms with Gasteiger partial charge in [0.05, 0.1) is 16.2 Å². The fraction of sp³-hybridized carbons (Fsp3) is 0.450. The Morgan fingerprint density at radius 3 is 2.83 bits per heavy atom. The highest BCUT2D eigenvalue weighted by Gasteiger charge is 2.26. The number of anilines is 1. The molecule has 0 saturated heterocycles. The summed E-state index contributed by atoms with van der Waals surface area (Å²) < 4.78 is 0.769. The van der Waals surface area contributed by atoms with Crippen LogP contribution < -0.4 is 5.32 Å². The number of hydrogen-bond acceptors (Lipinski definition) is 5. The standard InChI is InChI=1S/C20H24ClN3O3S2/c21-15-6-4-5-14(11-15)9-10-24(16-7-2-1-3-8-16)20(27)23-19-22-12-18(29-19)28-13-17(25)26/h4-6,11-12,16H,1-3,7-10,13H2,(H,25,26)(H,22,23,27). The third-order valence-electron chi connectivity index (χ3n) is 4.84. The second-order valence-electron chi connectivity index (χ2n) is 6.96. The van der Waals surface area contributed by atoms with E-state index in [0.29, 0.717) is 16.7 Å². The van der Waals surface area contributed by atoms with Gasteiger partial charge in [0, 0.05) is 17.6 Å². The van der Waals surface area contributed by atoms with Crippen molar-refractivity contribution in [1.29, 1.82) is 0 Å². The summed E-state index contributed by atoms with van der Waals surface area (Å²) in [6, 6.07) is 7.81. The summed E-state index contributed by atoms with van der Waals surface area (Å²) in [6.07, 6.45) is 7.86. The van der Waals surface area contributed by atoms with E-state index in [1.807, 2.05) is 29.2 Å². The van der Waals surface area contributed by atoms with Crippen molar-refractivity contribution in [3.05, 3.63) is 41.0 Å². The molecule has 2 amide bonds. The lowest BCUT2D eigenvalue weighted by molar-refractivity contribution is -0.133. The largest absolute Gasteiger partial charge is 0.481 e. The predicted molar refractivity (Wildman–Crippen MR) is 118 cm³/mol. The number of hydrogen-bond donors (Lipinski definition) is 2. The van der Waals surface area contributed by atoms with E-state index in [1.165, 1.54) is 29.5 Å². The molecule has 1 aliphatic rings. The first kappa shape index (κ1) is 21.9. The molecule has 0 spiro atoms. The highest BCUT2D eigenvalue weighted by atomic mass is 35.5. The summed E-state index contributed by atoms with van der Waals surface area (Å²) in [7, 11) is 0. The number of carboxylic acids is 1. The summed E-state index contributed by atoms with van der Waals surface area (Å²) in [4.78, 5) is 29.9. The van der Waals surface area contributed by atoms with Gasteiger partial charge < -0.3 is 10.0 Å². The third kappa shape index (κ3) is 6.90. The smallest absolute Gasteiger partial charge is 0.323 e. The molecule has 0 radical (unpaired) electrons. The van der Waals surface area contributed by atoms with Crippen molar-refractivity contribution in [3.8, 4) is 0 Å². The number of nitrogens with one attached hydrogen (secondary N) is 1. The number of benzene rings is 1. The van der Waals surface area contributed by atoms with Crippen LogP contribution in [0.2, 0.25) is 5.02 Å². The number of amides is 2. The molecule has 0 aliphatic heterocycles. The van der Waals surface area contributed by atoms with Gasteiger partial charge >= 0.3 is 12.0 Å². The highest BCUT2D eigenvalue weighted by Crippen LogP contribution is 2.29. The van der Waals surface area contributed by atoms with Crippen LogP contribution in [0.4, 0.5) is 9.93 Å². The SMILES string of the molecule is O=C(O)CSc1cnc(NC(=O)N(CCc2cccc(Cl)c2)C2CCCCC2)s1. The monoisotopic (exact) mass is 453 g/mol. The molecule has 2 aromatic rings. The topological polar surface area (TPSA) is 82.5 Å². The molecule has 0 atom stereocenters. The highest BCUT2D eigenvalue weighted by molar-refractivity contribution is 8.01. The first-order valence-corrected chi connectivity index (χ1v) is 11.8. The van der Waals surface area contributed by atoms with Crippen molar-refractivity contribution in [1.82, 2.24) is 9.88 Å². The van der Waals surface area contributed by atoms with Gasteiger partial charge in [0.1, 0.15) is 0 Å². The van der Waals surface area contributed by atoms with E-state index >= 15 is 0 Å². The predicted octanol–water partition coefficient (Wildman–Crippen LogP) is 5.38. The second-order valence-corrected chi connectivity index (χ2v) is 9.70. The minimum Gasteiger partial charge on any atom is -0.481 e. The molecular formula is C20H24ClN3O3S2. The minimum absolute atomic E-state index is 0.0244. The molecule has 2 N–H and O–H groups in total. The number of thiazole rings is 1. The van der Waals surface area contributed by atoms with Crippen molar-refractivity contribution < 1.29 is 14.7 Å². The van der Waals surface area contributed by atoms with Crippen molar-refractivity contribution in [2.24, 2.45) is 0 Å². The summed E-state index contributed by atoms with van der Waals surface area (Å²) in [6.45, 7) is 0.614. The molecule has 29 heavy (non-hydrogen) atoms. The van der Waals surface area contributed by atoms with Crippen LogP contribution >= 0.6 is 34.7 Å². The average Bonchev–Trinajstić information content (AvgIpc) is 3.15. The molecule has 1 aromatic heterocycles. The molecule has 1 fully saturated rings. The van der Waals surface area contributed by atoms with Crippen molar-refractivity contribution >= 4 is 51.8 Å². The fourth-order valence-electron chi connectivity index (χ4n) is 3.46. The number of halogens is 1. The molecule has 9 heteroatoms. The number of aliphatic carboxylic acids is 1. The summed E-state index contributed by atoms with van der Waals surface area (Å²) in [5, 5.41) is 12.9. The number of rotatable bonds is 8. The number of urea groups is 1. The molecule has 0 unspecified atom stereocenters. The van der Waals surface area contributed by atoms with E-state index in [-0.39, 0.29) is 17.8 Å². The Kier molecular flexibility index (Phi) is 8.20. The first-order chi connectivity index (χ1) is 14.0. The molecule has 0 bridgehead atoms. The zero-order valence-corrected chi connectivity index (χ0v) is 18.4. The van der Waals surface area contributed by atoms with E-state index in [0.717, 1.165) is 41.9 Å². The first-order valence-electron chi connectivity index (χ1n) is 9.64. The van der Waals surface area contributed by atoms with Crippen LogP contribution in [0.25, 0.3) is 0 Å². The van der Waals surface area contributed by atoms with Gasteiger partial charge in [-0.25, -0.2) is 9.78 Å². The summed E-state index contributed by atoms with van der Waals surface area (Å²) in [5.41, 5.74) is 1.10. The zero-order chi connectivity index (χ0) is 20.6. The van der Waals surface area contributed by atoms with Crippen molar-refractivity contribution in [2.45, 2.75) is 48.8 Å². The van der Waals surface area contributed by atoms with E-state index in [1.54, 1.807) is 6.20 Å². The lowest BCUT2D eigenvalue weighted by Crippen LogP contribution is -2.45. The molecule has 6 nitrogen and oxygen atoms in total. The Bertz CT molecular complexity index is 840. The molecule has 1 heterocycles. The molecule has 3 rings (SSSR count). The van der Waals surface area contributed by atoms with E-state index in [2.05, 4.69) is 10.3 Å². The minimum atomic E-state index is -0.876. The zero-order valence-electron chi connectivity index (χ0n) is 16.0. The van der Waals surface area contributed by atoms with Crippen LogP contribution in [-0.4, -0.2) is 45.3 Å². The lowest BCUT2D eigenvalue weighted by atomic mass is 9.94. The summed E-state index contributed by atoms with van der Waals surface area (Å²) >= 11 is 8.58. The van der Waals surface area contributed by atoms with E-state index < -0.39 is 5.97 Å². The van der Waals surface area contributed by atoms with Gasteiger partial charge in [-0.15, -0.1) is 11.8 Å². The Morgan fingerprint density at radius 1 is 1.31 bits per heavy atom. The Hall–Kier alpha value is -1.77. The number of carboxylic acid groups (broad SMARTS) is 1. The van der Waals surface area contributed by atoms with Crippen LogP contribution in [0.1, 0.15) is 37.7 Å². The van der Waals surface area contributed by atoms with Crippen LogP contribution in [0.5, 0.6) is 0 Å². The van der Waals surface area contributed by atoms with Crippen molar-refractivity contribution in [2.75, 3.05) is 17.6 Å². The normalized spacial score (nSPS) is 14.5. The van der Waals surface area contributed by atoms with Crippen LogP contribution in [0, 0.1) is 0 Å².